The summed E-state index contributed by atoms with van der Waals surface area (Å²) in [4.78, 5) is 19.6. The molecule has 0 aliphatic carbocycles. The normalized spacial score (nSPS) is 16.2. The molecule has 4 rings (SSSR count). The summed E-state index contributed by atoms with van der Waals surface area (Å²) in [5.74, 6) is 0.921. The number of halogens is 1. The maximum Gasteiger partial charge on any atom is 0.227 e. The van der Waals surface area contributed by atoms with Gasteiger partial charge in [-0.05, 0) is 54.3 Å². The van der Waals surface area contributed by atoms with Crippen molar-refractivity contribution in [3.63, 3.8) is 0 Å². The number of aromatic nitrogens is 1. The molecular weight excluding hydrogens is 391 g/mol. The zero-order valence-corrected chi connectivity index (χ0v) is 17.8. The minimum absolute atomic E-state index is 0.136. The van der Waals surface area contributed by atoms with Crippen molar-refractivity contribution in [2.45, 2.75) is 31.6 Å². The van der Waals surface area contributed by atoms with Crippen molar-refractivity contribution in [2.75, 3.05) is 20.2 Å². The lowest BCUT2D eigenvalue weighted by molar-refractivity contribution is -0.131. The molecule has 0 unspecified atom stereocenters. The molecular formula is C26H27FN2O2. The second kappa shape index (κ2) is 9.73. The van der Waals surface area contributed by atoms with E-state index in [-0.39, 0.29) is 17.6 Å². The molecule has 0 spiro atoms. The molecule has 2 heterocycles. The van der Waals surface area contributed by atoms with Gasteiger partial charge < -0.3 is 9.64 Å². The first-order valence-corrected chi connectivity index (χ1v) is 10.7. The Balaban J connectivity index is 1.42. The highest BCUT2D eigenvalue weighted by Gasteiger charge is 2.25. The van der Waals surface area contributed by atoms with Gasteiger partial charge in [-0.2, -0.15) is 0 Å². The number of nitrogens with zero attached hydrogens (tertiary/aromatic N) is 2. The van der Waals surface area contributed by atoms with Crippen LogP contribution < -0.4 is 4.74 Å². The molecule has 1 fully saturated rings. The van der Waals surface area contributed by atoms with Crippen LogP contribution in [0.1, 0.15) is 41.3 Å². The Morgan fingerprint density at radius 1 is 1.10 bits per heavy atom. The molecule has 5 heteroatoms. The Labute approximate surface area is 182 Å². The second-order valence-corrected chi connectivity index (χ2v) is 8.03. The fraction of sp³-hybridized carbons (Fsp3) is 0.308. The van der Waals surface area contributed by atoms with Crippen LogP contribution in [0.3, 0.4) is 0 Å². The number of ether oxygens (including phenoxy) is 1. The zero-order valence-electron chi connectivity index (χ0n) is 17.8. The smallest absolute Gasteiger partial charge is 0.227 e. The van der Waals surface area contributed by atoms with Crippen LogP contribution >= 0.6 is 0 Å². The van der Waals surface area contributed by atoms with Crippen LogP contribution in [-0.4, -0.2) is 36.0 Å². The third-order valence-electron chi connectivity index (χ3n) is 5.86. The van der Waals surface area contributed by atoms with Gasteiger partial charge in [0, 0.05) is 36.8 Å². The SMILES string of the molecule is COc1ccc(CC(=O)N2CCC[C@@H](c3cccc(Cc4ccccc4F)n3)C2)cc1. The van der Waals surface area contributed by atoms with Gasteiger partial charge in [0.05, 0.1) is 13.5 Å². The lowest BCUT2D eigenvalue weighted by Gasteiger charge is -2.32. The number of methoxy groups -OCH3 is 1. The summed E-state index contributed by atoms with van der Waals surface area (Å²) in [5, 5.41) is 0. The minimum atomic E-state index is -0.206. The summed E-state index contributed by atoms with van der Waals surface area (Å²) in [5.41, 5.74) is 3.46. The van der Waals surface area contributed by atoms with Gasteiger partial charge in [0.2, 0.25) is 5.91 Å². The molecule has 1 saturated heterocycles. The number of rotatable bonds is 6. The third-order valence-corrected chi connectivity index (χ3v) is 5.86. The molecule has 31 heavy (non-hydrogen) atoms. The van der Waals surface area contributed by atoms with Crippen LogP contribution in [-0.2, 0) is 17.6 Å². The standard InChI is InChI=1S/C26H27FN2O2/c1-31-23-13-11-19(12-14-23)16-26(30)29-15-5-7-21(18-29)25-10-4-8-22(28-25)17-20-6-2-3-9-24(20)27/h2-4,6,8-14,21H,5,7,15-18H2,1H3/t21-/m1/s1. The number of pyridine rings is 1. The van der Waals surface area contributed by atoms with Crippen molar-refractivity contribution in [1.29, 1.82) is 0 Å². The molecule has 4 nitrogen and oxygen atoms in total. The Morgan fingerprint density at radius 3 is 2.68 bits per heavy atom. The van der Waals surface area contributed by atoms with Crippen molar-refractivity contribution in [2.24, 2.45) is 0 Å². The predicted molar refractivity (Wildman–Crippen MR) is 119 cm³/mol. The number of hydrogen-bond donors (Lipinski definition) is 0. The summed E-state index contributed by atoms with van der Waals surface area (Å²) in [7, 11) is 1.63. The number of piperidine rings is 1. The van der Waals surface area contributed by atoms with Crippen LogP contribution in [0.15, 0.2) is 66.7 Å². The molecule has 0 bridgehead atoms. The van der Waals surface area contributed by atoms with Crippen molar-refractivity contribution in [3.05, 3.63) is 95.1 Å². The summed E-state index contributed by atoms with van der Waals surface area (Å²) in [6.45, 7) is 1.45. The van der Waals surface area contributed by atoms with Gasteiger partial charge in [-0.15, -0.1) is 0 Å². The summed E-state index contributed by atoms with van der Waals surface area (Å²) in [6.07, 6.45) is 2.81. The van der Waals surface area contributed by atoms with Crippen LogP contribution in [0, 0.1) is 5.82 Å². The van der Waals surface area contributed by atoms with Gasteiger partial charge in [0.1, 0.15) is 11.6 Å². The van der Waals surface area contributed by atoms with Gasteiger partial charge in [0.25, 0.3) is 0 Å². The molecule has 1 atom stereocenters. The summed E-state index contributed by atoms with van der Waals surface area (Å²) in [6, 6.07) is 20.4. The zero-order chi connectivity index (χ0) is 21.6. The number of hydrogen-bond acceptors (Lipinski definition) is 3. The Hall–Kier alpha value is -3.21. The molecule has 160 valence electrons. The molecule has 3 aromatic rings. The van der Waals surface area contributed by atoms with E-state index >= 15 is 0 Å². The molecule has 1 aliphatic heterocycles. The molecule has 2 aromatic carbocycles. The van der Waals surface area contributed by atoms with Crippen LogP contribution in [0.4, 0.5) is 4.39 Å². The van der Waals surface area contributed by atoms with E-state index < -0.39 is 0 Å². The van der Waals surface area contributed by atoms with Crippen LogP contribution in [0.2, 0.25) is 0 Å². The molecule has 0 N–H and O–H groups in total. The van der Waals surface area contributed by atoms with Gasteiger partial charge in [-0.1, -0.05) is 36.4 Å². The van der Waals surface area contributed by atoms with E-state index in [0.29, 0.717) is 24.9 Å². The number of benzene rings is 2. The molecule has 1 aliphatic rings. The quantitative estimate of drug-likeness (QED) is 0.579. The van der Waals surface area contributed by atoms with E-state index in [4.69, 9.17) is 9.72 Å². The minimum Gasteiger partial charge on any atom is -0.497 e. The molecule has 1 aromatic heterocycles. The largest absolute Gasteiger partial charge is 0.497 e. The van der Waals surface area contributed by atoms with Crippen LogP contribution in [0.5, 0.6) is 5.75 Å². The molecule has 0 radical (unpaired) electrons. The third kappa shape index (κ3) is 5.29. The average Bonchev–Trinajstić information content (AvgIpc) is 2.81. The van der Waals surface area contributed by atoms with Gasteiger partial charge in [0.15, 0.2) is 0 Å². The molecule has 0 saturated carbocycles. The fourth-order valence-electron chi connectivity index (χ4n) is 4.14. The lowest BCUT2D eigenvalue weighted by Crippen LogP contribution is -2.40. The lowest BCUT2D eigenvalue weighted by atomic mass is 9.93. The van der Waals surface area contributed by atoms with Crippen molar-refractivity contribution >= 4 is 5.91 Å². The van der Waals surface area contributed by atoms with E-state index in [1.807, 2.05) is 53.4 Å². The Bertz CT molecular complexity index is 1040. The van der Waals surface area contributed by atoms with Crippen molar-refractivity contribution in [1.82, 2.24) is 9.88 Å². The monoisotopic (exact) mass is 418 g/mol. The first-order valence-electron chi connectivity index (χ1n) is 10.7. The highest BCUT2D eigenvalue weighted by atomic mass is 19.1. The van der Waals surface area contributed by atoms with Gasteiger partial charge in [-0.3, -0.25) is 9.78 Å². The van der Waals surface area contributed by atoms with E-state index in [9.17, 15) is 9.18 Å². The van der Waals surface area contributed by atoms with Crippen molar-refractivity contribution in [3.8, 4) is 5.75 Å². The van der Waals surface area contributed by atoms with Crippen LogP contribution in [0.25, 0.3) is 0 Å². The predicted octanol–water partition coefficient (Wildman–Crippen LogP) is 4.77. The number of carbonyl (C=O) groups is 1. The first kappa shape index (κ1) is 21.0. The highest BCUT2D eigenvalue weighted by molar-refractivity contribution is 5.79. The Kier molecular flexibility index (Phi) is 6.60. The number of likely N-dealkylation sites (tertiary alicyclic amines) is 1. The summed E-state index contributed by atoms with van der Waals surface area (Å²) >= 11 is 0. The number of amides is 1. The van der Waals surface area contributed by atoms with E-state index in [2.05, 4.69) is 0 Å². The summed E-state index contributed by atoms with van der Waals surface area (Å²) < 4.78 is 19.2. The first-order chi connectivity index (χ1) is 15.1. The topological polar surface area (TPSA) is 42.4 Å². The maximum atomic E-state index is 14.0. The Morgan fingerprint density at radius 2 is 1.90 bits per heavy atom. The average molecular weight is 419 g/mol. The number of carbonyl (C=O) groups excluding carboxylic acids is 1. The van der Waals surface area contributed by atoms with E-state index in [0.717, 1.165) is 42.1 Å². The molecule has 1 amide bonds. The fourth-order valence-corrected chi connectivity index (χ4v) is 4.14. The van der Waals surface area contributed by atoms with E-state index in [1.54, 1.807) is 19.2 Å². The highest BCUT2D eigenvalue weighted by Crippen LogP contribution is 2.27. The van der Waals surface area contributed by atoms with Gasteiger partial charge >= 0.3 is 0 Å². The van der Waals surface area contributed by atoms with Crippen molar-refractivity contribution < 1.29 is 13.9 Å². The maximum absolute atomic E-state index is 14.0. The second-order valence-electron chi connectivity index (χ2n) is 8.03. The van der Waals surface area contributed by atoms with E-state index in [1.165, 1.54) is 6.07 Å². The van der Waals surface area contributed by atoms with Gasteiger partial charge in [-0.25, -0.2) is 4.39 Å².